The molecule has 1 fully saturated rings. The molecule has 0 saturated carbocycles. The molecule has 150 valence electrons. The summed E-state index contributed by atoms with van der Waals surface area (Å²) in [6, 6.07) is 8.89. The molecule has 7 heteroatoms. The SMILES string of the molecule is CC(C)c1cc(Cc2c(Cl)cc(OCC(=O)NC3COC3)cc2Cl)ccc1O. The lowest BCUT2D eigenvalue weighted by molar-refractivity contribution is -0.127. The van der Waals surface area contributed by atoms with Crippen LogP contribution in [-0.4, -0.2) is 36.9 Å². The van der Waals surface area contributed by atoms with Gasteiger partial charge in [0.2, 0.25) is 0 Å². The van der Waals surface area contributed by atoms with Crippen LogP contribution in [0.3, 0.4) is 0 Å². The fourth-order valence-electron chi connectivity index (χ4n) is 2.95. The standard InChI is InChI=1S/C21H23Cl2NO4/c1-12(2)16-5-13(3-4-20(16)25)6-17-18(22)7-15(8-19(17)23)28-11-21(26)24-14-9-27-10-14/h3-5,7-8,12,14,25H,6,9-11H2,1-2H3,(H,24,26). The zero-order valence-electron chi connectivity index (χ0n) is 15.8. The second-order valence-electron chi connectivity index (χ2n) is 7.18. The number of hydrogen-bond donors (Lipinski definition) is 2. The molecule has 0 bridgehead atoms. The molecule has 1 aliphatic heterocycles. The van der Waals surface area contributed by atoms with Gasteiger partial charge >= 0.3 is 0 Å². The van der Waals surface area contributed by atoms with E-state index in [4.69, 9.17) is 32.7 Å². The fraction of sp³-hybridized carbons (Fsp3) is 0.381. The van der Waals surface area contributed by atoms with Crippen LogP contribution in [0.5, 0.6) is 11.5 Å². The largest absolute Gasteiger partial charge is 0.508 e. The molecule has 2 N–H and O–H groups in total. The zero-order chi connectivity index (χ0) is 20.3. The number of rotatable bonds is 7. The van der Waals surface area contributed by atoms with Gasteiger partial charge in [-0.15, -0.1) is 0 Å². The molecule has 0 aromatic heterocycles. The van der Waals surface area contributed by atoms with Crippen LogP contribution in [0.25, 0.3) is 0 Å². The number of ether oxygens (including phenoxy) is 2. The molecule has 2 aromatic rings. The molecule has 28 heavy (non-hydrogen) atoms. The minimum Gasteiger partial charge on any atom is -0.508 e. The fourth-order valence-corrected chi connectivity index (χ4v) is 3.55. The predicted molar refractivity (Wildman–Crippen MR) is 110 cm³/mol. The summed E-state index contributed by atoms with van der Waals surface area (Å²) in [6.07, 6.45) is 0.528. The first-order valence-electron chi connectivity index (χ1n) is 9.13. The van der Waals surface area contributed by atoms with Gasteiger partial charge < -0.3 is 19.9 Å². The van der Waals surface area contributed by atoms with Crippen LogP contribution >= 0.6 is 23.2 Å². The van der Waals surface area contributed by atoms with E-state index in [1.165, 1.54) is 0 Å². The summed E-state index contributed by atoms with van der Waals surface area (Å²) >= 11 is 12.8. The minimum absolute atomic E-state index is 0.0618. The van der Waals surface area contributed by atoms with E-state index in [-0.39, 0.29) is 30.2 Å². The first-order valence-corrected chi connectivity index (χ1v) is 9.88. The number of carbonyl (C=O) groups is 1. The smallest absolute Gasteiger partial charge is 0.258 e. The van der Waals surface area contributed by atoms with Crippen molar-refractivity contribution >= 4 is 29.1 Å². The summed E-state index contributed by atoms with van der Waals surface area (Å²) < 4.78 is 10.5. The Morgan fingerprint density at radius 3 is 2.50 bits per heavy atom. The molecule has 0 unspecified atom stereocenters. The quantitative estimate of drug-likeness (QED) is 0.695. The first-order chi connectivity index (χ1) is 13.3. The number of aromatic hydroxyl groups is 1. The first kappa shape index (κ1) is 20.8. The summed E-state index contributed by atoms with van der Waals surface area (Å²) in [5.41, 5.74) is 2.65. The van der Waals surface area contributed by atoms with E-state index < -0.39 is 0 Å². The number of benzene rings is 2. The molecule has 0 radical (unpaired) electrons. The van der Waals surface area contributed by atoms with E-state index in [2.05, 4.69) is 5.32 Å². The molecule has 2 aromatic carbocycles. The summed E-state index contributed by atoms with van der Waals surface area (Å²) in [5.74, 6) is 0.716. The average molecular weight is 424 g/mol. The molecule has 0 aliphatic carbocycles. The number of phenolic OH excluding ortho intramolecular Hbond substituents is 1. The van der Waals surface area contributed by atoms with E-state index in [1.807, 2.05) is 26.0 Å². The van der Waals surface area contributed by atoms with Crippen molar-refractivity contribution in [1.82, 2.24) is 5.32 Å². The molecule has 5 nitrogen and oxygen atoms in total. The van der Waals surface area contributed by atoms with Crippen LogP contribution in [0.4, 0.5) is 0 Å². The molecular weight excluding hydrogens is 401 g/mol. The maximum atomic E-state index is 11.8. The molecule has 0 atom stereocenters. The number of carbonyl (C=O) groups excluding carboxylic acids is 1. The summed E-state index contributed by atoms with van der Waals surface area (Å²) in [5, 5.41) is 13.7. The lowest BCUT2D eigenvalue weighted by Crippen LogP contribution is -2.49. The molecule has 1 amide bonds. The third kappa shape index (κ3) is 5.10. The van der Waals surface area contributed by atoms with Gasteiger partial charge in [-0.05, 0) is 40.8 Å². The van der Waals surface area contributed by atoms with Crippen LogP contribution in [0.1, 0.15) is 36.5 Å². The highest BCUT2D eigenvalue weighted by molar-refractivity contribution is 6.36. The lowest BCUT2D eigenvalue weighted by Gasteiger charge is -2.26. The second-order valence-corrected chi connectivity index (χ2v) is 8.00. The van der Waals surface area contributed by atoms with Crippen molar-refractivity contribution in [1.29, 1.82) is 0 Å². The van der Waals surface area contributed by atoms with E-state index in [9.17, 15) is 9.90 Å². The Bertz CT molecular complexity index is 842. The monoisotopic (exact) mass is 423 g/mol. The van der Waals surface area contributed by atoms with Crippen LogP contribution in [0.2, 0.25) is 10.0 Å². The van der Waals surface area contributed by atoms with Crippen molar-refractivity contribution in [2.75, 3.05) is 19.8 Å². The van der Waals surface area contributed by atoms with Gasteiger partial charge in [0.05, 0.1) is 19.3 Å². The Morgan fingerprint density at radius 1 is 1.25 bits per heavy atom. The molecule has 0 spiro atoms. The van der Waals surface area contributed by atoms with Crippen LogP contribution < -0.4 is 10.1 Å². The molecular formula is C21H23Cl2NO4. The van der Waals surface area contributed by atoms with Crippen LogP contribution in [0, 0.1) is 0 Å². The van der Waals surface area contributed by atoms with E-state index in [1.54, 1.807) is 18.2 Å². The van der Waals surface area contributed by atoms with Gasteiger partial charge in [-0.1, -0.05) is 49.2 Å². The van der Waals surface area contributed by atoms with Gasteiger partial charge in [0.15, 0.2) is 6.61 Å². The molecule has 1 heterocycles. The highest BCUT2D eigenvalue weighted by atomic mass is 35.5. The van der Waals surface area contributed by atoms with Gasteiger partial charge in [0, 0.05) is 16.5 Å². The number of phenols is 1. The Kier molecular flexibility index (Phi) is 6.70. The number of amides is 1. The van der Waals surface area contributed by atoms with E-state index >= 15 is 0 Å². The topological polar surface area (TPSA) is 67.8 Å². The average Bonchev–Trinajstić information content (AvgIpc) is 2.60. The molecule has 1 saturated heterocycles. The normalized spacial score (nSPS) is 14.0. The number of nitrogens with one attached hydrogen (secondary N) is 1. The molecule has 1 aliphatic rings. The van der Waals surface area contributed by atoms with Crippen molar-refractivity contribution in [2.45, 2.75) is 32.2 Å². The van der Waals surface area contributed by atoms with Gasteiger partial charge in [0.1, 0.15) is 11.5 Å². The van der Waals surface area contributed by atoms with Gasteiger partial charge in [0.25, 0.3) is 5.91 Å². The molecule has 3 rings (SSSR count). The van der Waals surface area contributed by atoms with E-state index in [0.29, 0.717) is 35.4 Å². The van der Waals surface area contributed by atoms with Crippen molar-refractivity contribution in [2.24, 2.45) is 0 Å². The number of halogens is 2. The second kappa shape index (κ2) is 9.03. The third-order valence-corrected chi connectivity index (χ3v) is 5.26. The Labute approximate surface area is 174 Å². The van der Waals surface area contributed by atoms with E-state index in [0.717, 1.165) is 16.7 Å². The predicted octanol–water partition coefficient (Wildman–Crippen LogP) is 4.31. The van der Waals surface area contributed by atoms with Gasteiger partial charge in [-0.3, -0.25) is 4.79 Å². The maximum absolute atomic E-state index is 11.8. The van der Waals surface area contributed by atoms with Gasteiger partial charge in [-0.25, -0.2) is 0 Å². The summed E-state index contributed by atoms with van der Waals surface area (Å²) in [6.45, 7) is 5.01. The van der Waals surface area contributed by atoms with Crippen LogP contribution in [-0.2, 0) is 16.0 Å². The lowest BCUT2D eigenvalue weighted by atomic mass is 9.96. The van der Waals surface area contributed by atoms with Crippen molar-refractivity contribution in [3.63, 3.8) is 0 Å². The van der Waals surface area contributed by atoms with Gasteiger partial charge in [-0.2, -0.15) is 0 Å². The Balaban J connectivity index is 1.68. The van der Waals surface area contributed by atoms with Crippen molar-refractivity contribution < 1.29 is 19.4 Å². The third-order valence-electron chi connectivity index (χ3n) is 4.58. The highest BCUT2D eigenvalue weighted by Gasteiger charge is 2.20. The van der Waals surface area contributed by atoms with Crippen LogP contribution in [0.15, 0.2) is 30.3 Å². The Hall–Kier alpha value is -1.95. The Morgan fingerprint density at radius 2 is 1.93 bits per heavy atom. The van der Waals surface area contributed by atoms with Crippen molar-refractivity contribution in [3.05, 3.63) is 57.1 Å². The minimum atomic E-state index is -0.213. The summed E-state index contributed by atoms with van der Waals surface area (Å²) in [4.78, 5) is 11.8. The summed E-state index contributed by atoms with van der Waals surface area (Å²) in [7, 11) is 0. The maximum Gasteiger partial charge on any atom is 0.258 e. The zero-order valence-corrected chi connectivity index (χ0v) is 17.3. The highest BCUT2D eigenvalue weighted by Crippen LogP contribution is 2.33. The van der Waals surface area contributed by atoms with Crippen molar-refractivity contribution in [3.8, 4) is 11.5 Å². The number of hydrogen-bond acceptors (Lipinski definition) is 4.